The molecule has 0 bridgehead atoms. The number of hydrogen-bond acceptors (Lipinski definition) is 5. The molecule has 0 aliphatic rings. The second-order valence-electron chi connectivity index (χ2n) is 7.31. The van der Waals surface area contributed by atoms with E-state index in [2.05, 4.69) is 10.3 Å². The van der Waals surface area contributed by atoms with E-state index in [4.69, 9.17) is 11.6 Å². The third-order valence-corrected chi connectivity index (χ3v) is 7.90. The number of benzene rings is 3. The summed E-state index contributed by atoms with van der Waals surface area (Å²) < 4.78 is 27.4. The fraction of sp³-hybridized carbons (Fsp3) is 0.0833. The number of rotatable bonds is 6. The molecule has 0 atom stereocenters. The lowest BCUT2D eigenvalue weighted by Crippen LogP contribution is -2.27. The second-order valence-corrected chi connectivity index (χ2v) is 10.5. The molecule has 4 rings (SSSR count). The zero-order valence-electron chi connectivity index (χ0n) is 17.8. The van der Waals surface area contributed by atoms with Gasteiger partial charge < -0.3 is 0 Å². The van der Waals surface area contributed by atoms with Crippen molar-refractivity contribution in [3.63, 3.8) is 0 Å². The van der Waals surface area contributed by atoms with Crippen LogP contribution < -0.4 is 9.62 Å². The predicted octanol–water partition coefficient (Wildman–Crippen LogP) is 5.85. The number of nitrogens with zero attached hydrogens (tertiary/aromatic N) is 2. The number of anilines is 2. The zero-order chi connectivity index (χ0) is 23.6. The van der Waals surface area contributed by atoms with Crippen LogP contribution in [-0.2, 0) is 10.0 Å². The Morgan fingerprint density at radius 1 is 1.03 bits per heavy atom. The first-order valence-electron chi connectivity index (χ1n) is 9.93. The van der Waals surface area contributed by atoms with Gasteiger partial charge in [0.15, 0.2) is 5.13 Å². The van der Waals surface area contributed by atoms with Crippen LogP contribution in [0, 0.1) is 6.92 Å². The van der Waals surface area contributed by atoms with E-state index in [0.717, 1.165) is 21.1 Å². The molecule has 0 saturated carbocycles. The molecule has 3 aromatic carbocycles. The first-order chi connectivity index (χ1) is 15.8. The summed E-state index contributed by atoms with van der Waals surface area (Å²) in [7, 11) is -2.43. The molecule has 4 aromatic rings. The van der Waals surface area contributed by atoms with E-state index < -0.39 is 15.9 Å². The average Bonchev–Trinajstić information content (AvgIpc) is 3.28. The van der Waals surface area contributed by atoms with Crippen molar-refractivity contribution in [3.8, 4) is 11.3 Å². The molecule has 1 heterocycles. The standard InChI is InChI=1S/C24H20ClN3O3S2/c1-16-8-10-17(11-9-16)22-15-32-24(26-22)27-23(29)20-14-19(12-13-21(20)25)33(30,31)28(2)18-6-4-3-5-7-18/h3-15H,1-2H3,(H,26,27,29). The van der Waals surface area contributed by atoms with Gasteiger partial charge in [-0.25, -0.2) is 13.4 Å². The molecule has 1 N–H and O–H groups in total. The number of nitrogens with one attached hydrogen (secondary N) is 1. The molecule has 1 amide bonds. The van der Waals surface area contributed by atoms with Gasteiger partial charge in [-0.1, -0.05) is 59.6 Å². The average molecular weight is 498 g/mol. The van der Waals surface area contributed by atoms with Crippen molar-refractivity contribution in [1.29, 1.82) is 0 Å². The van der Waals surface area contributed by atoms with E-state index in [0.29, 0.717) is 10.8 Å². The molecule has 0 fully saturated rings. The Morgan fingerprint density at radius 3 is 2.42 bits per heavy atom. The summed E-state index contributed by atoms with van der Waals surface area (Å²) in [5, 5.41) is 5.09. The number of para-hydroxylation sites is 1. The summed E-state index contributed by atoms with van der Waals surface area (Å²) in [6.07, 6.45) is 0. The first kappa shape index (κ1) is 23.0. The van der Waals surface area contributed by atoms with Crippen LogP contribution in [0.3, 0.4) is 0 Å². The zero-order valence-corrected chi connectivity index (χ0v) is 20.2. The maximum atomic E-state index is 13.1. The van der Waals surface area contributed by atoms with Gasteiger partial charge in [0, 0.05) is 18.0 Å². The number of thiazole rings is 1. The van der Waals surface area contributed by atoms with Crippen LogP contribution in [0.4, 0.5) is 10.8 Å². The largest absolute Gasteiger partial charge is 0.298 e. The molecule has 0 unspecified atom stereocenters. The Labute approximate surface area is 201 Å². The van der Waals surface area contributed by atoms with Crippen LogP contribution in [0.15, 0.2) is 83.1 Å². The molecule has 0 saturated heterocycles. The van der Waals surface area contributed by atoms with E-state index in [-0.39, 0.29) is 15.5 Å². The fourth-order valence-corrected chi connectivity index (χ4v) is 5.27. The van der Waals surface area contributed by atoms with Gasteiger partial charge in [-0.2, -0.15) is 0 Å². The Morgan fingerprint density at radius 2 is 1.73 bits per heavy atom. The molecule has 9 heteroatoms. The van der Waals surface area contributed by atoms with Crippen LogP contribution in [-0.4, -0.2) is 26.4 Å². The molecule has 0 spiro atoms. The molecule has 6 nitrogen and oxygen atoms in total. The Bertz CT molecular complexity index is 1400. The molecule has 33 heavy (non-hydrogen) atoms. The van der Waals surface area contributed by atoms with Crippen LogP contribution >= 0.6 is 22.9 Å². The minimum absolute atomic E-state index is 0.0390. The van der Waals surface area contributed by atoms with Crippen molar-refractivity contribution in [1.82, 2.24) is 4.98 Å². The van der Waals surface area contributed by atoms with Gasteiger partial charge in [-0.3, -0.25) is 14.4 Å². The molecular formula is C24H20ClN3O3S2. The van der Waals surface area contributed by atoms with E-state index in [1.54, 1.807) is 30.3 Å². The molecule has 1 aromatic heterocycles. The number of carbonyl (C=O) groups is 1. The van der Waals surface area contributed by atoms with Crippen LogP contribution in [0.25, 0.3) is 11.3 Å². The second kappa shape index (κ2) is 9.35. The van der Waals surface area contributed by atoms with Crippen molar-refractivity contribution in [2.24, 2.45) is 0 Å². The van der Waals surface area contributed by atoms with Gasteiger partial charge in [-0.05, 0) is 37.3 Å². The number of amides is 1. The number of halogens is 1. The maximum Gasteiger partial charge on any atom is 0.264 e. The number of carbonyl (C=O) groups excluding carboxylic acids is 1. The molecule has 168 valence electrons. The van der Waals surface area contributed by atoms with E-state index in [1.807, 2.05) is 36.6 Å². The number of aryl methyl sites for hydroxylation is 1. The monoisotopic (exact) mass is 497 g/mol. The lowest BCUT2D eigenvalue weighted by molar-refractivity contribution is 0.102. The third-order valence-electron chi connectivity index (χ3n) is 5.03. The summed E-state index contributed by atoms with van der Waals surface area (Å²) in [6.45, 7) is 2.01. The Balaban J connectivity index is 1.58. The maximum absolute atomic E-state index is 13.1. The van der Waals surface area contributed by atoms with Crippen molar-refractivity contribution < 1.29 is 13.2 Å². The topological polar surface area (TPSA) is 79.4 Å². The van der Waals surface area contributed by atoms with Crippen molar-refractivity contribution in [2.45, 2.75) is 11.8 Å². The highest BCUT2D eigenvalue weighted by molar-refractivity contribution is 7.92. The molecule has 0 aliphatic heterocycles. The predicted molar refractivity (Wildman–Crippen MR) is 134 cm³/mol. The van der Waals surface area contributed by atoms with E-state index in [1.165, 1.54) is 36.6 Å². The van der Waals surface area contributed by atoms with Crippen LogP contribution in [0.1, 0.15) is 15.9 Å². The van der Waals surface area contributed by atoms with Crippen molar-refractivity contribution in [2.75, 3.05) is 16.7 Å². The number of aromatic nitrogens is 1. The number of sulfonamides is 1. The van der Waals surface area contributed by atoms with E-state index >= 15 is 0 Å². The lowest BCUT2D eigenvalue weighted by Gasteiger charge is -2.20. The molecular weight excluding hydrogens is 478 g/mol. The minimum Gasteiger partial charge on any atom is -0.298 e. The Kier molecular flexibility index (Phi) is 6.51. The minimum atomic E-state index is -3.89. The lowest BCUT2D eigenvalue weighted by atomic mass is 10.1. The Hall–Kier alpha value is -3.20. The smallest absolute Gasteiger partial charge is 0.264 e. The van der Waals surface area contributed by atoms with Gasteiger partial charge in [-0.15, -0.1) is 11.3 Å². The van der Waals surface area contributed by atoms with Gasteiger partial charge in [0.25, 0.3) is 15.9 Å². The highest BCUT2D eigenvalue weighted by Crippen LogP contribution is 2.28. The first-order valence-corrected chi connectivity index (χ1v) is 12.6. The van der Waals surface area contributed by atoms with Crippen LogP contribution in [0.5, 0.6) is 0 Å². The van der Waals surface area contributed by atoms with Crippen LogP contribution in [0.2, 0.25) is 5.02 Å². The van der Waals surface area contributed by atoms with Crippen molar-refractivity contribution >= 4 is 49.7 Å². The normalized spacial score (nSPS) is 11.2. The van der Waals surface area contributed by atoms with Gasteiger partial charge >= 0.3 is 0 Å². The van der Waals surface area contributed by atoms with Crippen molar-refractivity contribution in [3.05, 3.63) is 94.3 Å². The summed E-state index contributed by atoms with van der Waals surface area (Å²) in [5.74, 6) is -0.538. The van der Waals surface area contributed by atoms with E-state index in [9.17, 15) is 13.2 Å². The number of hydrogen-bond donors (Lipinski definition) is 1. The summed E-state index contributed by atoms with van der Waals surface area (Å²) >= 11 is 7.51. The fourth-order valence-electron chi connectivity index (χ4n) is 3.13. The van der Waals surface area contributed by atoms with Gasteiger partial charge in [0.2, 0.25) is 0 Å². The summed E-state index contributed by atoms with van der Waals surface area (Å²) in [5.41, 5.74) is 3.37. The molecule has 0 aliphatic carbocycles. The SMILES string of the molecule is Cc1ccc(-c2csc(NC(=O)c3cc(S(=O)(=O)N(C)c4ccccc4)ccc3Cl)n2)cc1. The van der Waals surface area contributed by atoms with Gasteiger partial charge in [0.1, 0.15) is 0 Å². The summed E-state index contributed by atoms with van der Waals surface area (Å²) in [6, 6.07) is 20.7. The summed E-state index contributed by atoms with van der Waals surface area (Å²) in [4.78, 5) is 17.3. The highest BCUT2D eigenvalue weighted by atomic mass is 35.5. The highest BCUT2D eigenvalue weighted by Gasteiger charge is 2.24. The van der Waals surface area contributed by atoms with Gasteiger partial charge in [0.05, 0.1) is 26.9 Å². The third kappa shape index (κ3) is 4.93. The molecule has 0 radical (unpaired) electrons. The quantitative estimate of drug-likeness (QED) is 0.362.